The lowest BCUT2D eigenvalue weighted by molar-refractivity contribution is -0.274. The Bertz CT molecular complexity index is 477. The normalized spacial score (nSPS) is 18.9. The van der Waals surface area contributed by atoms with Crippen LogP contribution >= 0.6 is 0 Å². The van der Waals surface area contributed by atoms with Crippen molar-refractivity contribution in [2.24, 2.45) is 0 Å². The Labute approximate surface area is 114 Å². The molecule has 1 aromatic rings. The Morgan fingerprint density at radius 2 is 2.10 bits per heavy atom. The van der Waals surface area contributed by atoms with Crippen LogP contribution in [0.5, 0.6) is 5.75 Å². The fourth-order valence-electron chi connectivity index (χ4n) is 2.09. The van der Waals surface area contributed by atoms with Gasteiger partial charge in [0.2, 0.25) is 5.91 Å². The van der Waals surface area contributed by atoms with Gasteiger partial charge >= 0.3 is 6.36 Å². The first-order valence-electron chi connectivity index (χ1n) is 6.28. The second-order valence-electron chi connectivity index (χ2n) is 4.59. The molecule has 0 radical (unpaired) electrons. The summed E-state index contributed by atoms with van der Waals surface area (Å²) in [5, 5.41) is 5.81. The van der Waals surface area contributed by atoms with Gasteiger partial charge in [0.05, 0.1) is 0 Å². The van der Waals surface area contributed by atoms with Crippen LogP contribution in [0.25, 0.3) is 0 Å². The van der Waals surface area contributed by atoms with Crippen molar-refractivity contribution in [3.05, 3.63) is 29.8 Å². The van der Waals surface area contributed by atoms with E-state index in [4.69, 9.17) is 0 Å². The number of halogens is 3. The largest absolute Gasteiger partial charge is 0.573 e. The number of benzene rings is 1. The monoisotopic (exact) mass is 288 g/mol. The lowest BCUT2D eigenvalue weighted by atomic mass is 10.2. The number of carbonyl (C=O) groups is 1. The number of carbonyl (C=O) groups excluding carboxylic acids is 1. The SMILES string of the molecule is O=C1CCC(CNCc2ccccc2OC(F)(F)F)N1. The van der Waals surface area contributed by atoms with Gasteiger partial charge in [0.25, 0.3) is 0 Å². The van der Waals surface area contributed by atoms with Crippen molar-refractivity contribution in [2.45, 2.75) is 31.8 Å². The van der Waals surface area contributed by atoms with E-state index in [1.54, 1.807) is 12.1 Å². The van der Waals surface area contributed by atoms with Gasteiger partial charge in [-0.3, -0.25) is 4.79 Å². The highest BCUT2D eigenvalue weighted by Gasteiger charge is 2.31. The standard InChI is InChI=1S/C13H15F3N2O2/c14-13(15,16)20-11-4-2-1-3-9(11)7-17-8-10-5-6-12(19)18-10/h1-4,10,17H,5-8H2,(H,18,19). The van der Waals surface area contributed by atoms with Crippen LogP contribution in [0.1, 0.15) is 18.4 Å². The molecule has 0 spiro atoms. The molecular formula is C13H15F3N2O2. The van der Waals surface area contributed by atoms with Crippen molar-refractivity contribution in [3.63, 3.8) is 0 Å². The minimum absolute atomic E-state index is 0.0117. The van der Waals surface area contributed by atoms with Crippen LogP contribution in [0.4, 0.5) is 13.2 Å². The van der Waals surface area contributed by atoms with Gasteiger partial charge in [0.1, 0.15) is 5.75 Å². The smallest absolute Gasteiger partial charge is 0.405 e. The van der Waals surface area contributed by atoms with E-state index < -0.39 is 6.36 Å². The van der Waals surface area contributed by atoms with E-state index >= 15 is 0 Å². The molecule has 0 aromatic heterocycles. The lowest BCUT2D eigenvalue weighted by Gasteiger charge is -2.15. The molecule has 0 bridgehead atoms. The minimum atomic E-state index is -4.70. The van der Waals surface area contributed by atoms with Gasteiger partial charge in [-0.1, -0.05) is 18.2 Å². The van der Waals surface area contributed by atoms with Gasteiger partial charge in [-0.2, -0.15) is 0 Å². The van der Waals surface area contributed by atoms with E-state index in [2.05, 4.69) is 15.4 Å². The quantitative estimate of drug-likeness (QED) is 0.870. The van der Waals surface area contributed by atoms with E-state index in [1.165, 1.54) is 12.1 Å². The summed E-state index contributed by atoms with van der Waals surface area (Å²) < 4.78 is 40.7. The third-order valence-electron chi connectivity index (χ3n) is 2.99. The summed E-state index contributed by atoms with van der Waals surface area (Å²) >= 11 is 0. The van der Waals surface area contributed by atoms with Gasteiger partial charge in [-0.25, -0.2) is 0 Å². The highest BCUT2D eigenvalue weighted by Crippen LogP contribution is 2.26. The molecule has 1 heterocycles. The molecular weight excluding hydrogens is 273 g/mol. The first-order valence-corrected chi connectivity index (χ1v) is 6.28. The Morgan fingerprint density at radius 3 is 2.75 bits per heavy atom. The first kappa shape index (κ1) is 14.6. The van der Waals surface area contributed by atoms with E-state index in [9.17, 15) is 18.0 Å². The van der Waals surface area contributed by atoms with E-state index in [-0.39, 0.29) is 24.2 Å². The molecule has 0 aliphatic carbocycles. The first-order chi connectivity index (χ1) is 9.44. The number of hydrogen-bond donors (Lipinski definition) is 2. The molecule has 1 aliphatic rings. The third-order valence-corrected chi connectivity index (χ3v) is 2.99. The maximum atomic E-state index is 12.2. The molecule has 1 fully saturated rings. The molecule has 1 aromatic carbocycles. The number of nitrogens with one attached hydrogen (secondary N) is 2. The zero-order chi connectivity index (χ0) is 14.6. The Hall–Kier alpha value is -1.76. The molecule has 20 heavy (non-hydrogen) atoms. The maximum absolute atomic E-state index is 12.2. The number of hydrogen-bond acceptors (Lipinski definition) is 3. The van der Waals surface area contributed by atoms with Crippen molar-refractivity contribution in [3.8, 4) is 5.75 Å². The predicted molar refractivity (Wildman–Crippen MR) is 66.0 cm³/mol. The van der Waals surface area contributed by atoms with Crippen LogP contribution in [0, 0.1) is 0 Å². The average Bonchev–Trinajstić information content (AvgIpc) is 2.75. The molecule has 1 atom stereocenters. The molecule has 0 saturated carbocycles. The molecule has 110 valence electrons. The van der Waals surface area contributed by atoms with Crippen molar-refractivity contribution in [1.29, 1.82) is 0 Å². The Morgan fingerprint density at radius 1 is 1.35 bits per heavy atom. The fourth-order valence-corrected chi connectivity index (χ4v) is 2.09. The number of amides is 1. The summed E-state index contributed by atoms with van der Waals surface area (Å²) in [5.41, 5.74) is 0.425. The summed E-state index contributed by atoms with van der Waals surface area (Å²) in [6, 6.07) is 6.03. The third kappa shape index (κ3) is 4.41. The predicted octanol–water partition coefficient (Wildman–Crippen LogP) is 1.95. The van der Waals surface area contributed by atoms with Crippen LogP contribution < -0.4 is 15.4 Å². The van der Waals surface area contributed by atoms with Crippen molar-refractivity contribution < 1.29 is 22.7 Å². The van der Waals surface area contributed by atoms with Crippen LogP contribution in [-0.4, -0.2) is 24.9 Å². The van der Waals surface area contributed by atoms with Crippen LogP contribution in [0.2, 0.25) is 0 Å². The zero-order valence-electron chi connectivity index (χ0n) is 10.7. The second kappa shape index (κ2) is 6.13. The average molecular weight is 288 g/mol. The molecule has 1 amide bonds. The van der Waals surface area contributed by atoms with E-state index in [0.29, 0.717) is 18.5 Å². The molecule has 2 N–H and O–H groups in total. The number of alkyl halides is 3. The van der Waals surface area contributed by atoms with Gasteiger partial charge in [0, 0.05) is 31.1 Å². The van der Waals surface area contributed by atoms with Crippen molar-refractivity contribution >= 4 is 5.91 Å². The summed E-state index contributed by atoms with van der Waals surface area (Å²) in [4.78, 5) is 11.0. The molecule has 1 aliphatic heterocycles. The van der Waals surface area contributed by atoms with E-state index in [1.807, 2.05) is 0 Å². The van der Waals surface area contributed by atoms with Gasteiger partial charge < -0.3 is 15.4 Å². The van der Waals surface area contributed by atoms with Gasteiger partial charge in [-0.05, 0) is 12.5 Å². The number of rotatable bonds is 5. The Balaban J connectivity index is 1.87. The molecule has 2 rings (SSSR count). The number of ether oxygens (including phenoxy) is 1. The highest BCUT2D eigenvalue weighted by atomic mass is 19.4. The summed E-state index contributed by atoms with van der Waals surface area (Å²) in [7, 11) is 0. The van der Waals surface area contributed by atoms with Gasteiger partial charge in [0.15, 0.2) is 0 Å². The van der Waals surface area contributed by atoms with Gasteiger partial charge in [-0.15, -0.1) is 13.2 Å². The summed E-state index contributed by atoms with van der Waals surface area (Å²) in [6.07, 6.45) is -3.46. The second-order valence-corrected chi connectivity index (χ2v) is 4.59. The number of para-hydroxylation sites is 1. The fraction of sp³-hybridized carbons (Fsp3) is 0.462. The minimum Gasteiger partial charge on any atom is -0.405 e. The summed E-state index contributed by atoms with van der Waals surface area (Å²) in [6.45, 7) is 0.769. The van der Waals surface area contributed by atoms with Crippen LogP contribution in [0.3, 0.4) is 0 Å². The van der Waals surface area contributed by atoms with Crippen molar-refractivity contribution in [2.75, 3.05) is 6.54 Å². The zero-order valence-corrected chi connectivity index (χ0v) is 10.7. The Kier molecular flexibility index (Phi) is 4.49. The molecule has 1 unspecified atom stereocenters. The maximum Gasteiger partial charge on any atom is 0.573 e. The molecule has 4 nitrogen and oxygen atoms in total. The topological polar surface area (TPSA) is 50.4 Å². The lowest BCUT2D eigenvalue weighted by Crippen LogP contribution is -2.35. The summed E-state index contributed by atoms with van der Waals surface area (Å²) in [5.74, 6) is -0.194. The van der Waals surface area contributed by atoms with Crippen LogP contribution in [0.15, 0.2) is 24.3 Å². The van der Waals surface area contributed by atoms with Crippen molar-refractivity contribution in [1.82, 2.24) is 10.6 Å². The van der Waals surface area contributed by atoms with Crippen LogP contribution in [-0.2, 0) is 11.3 Å². The van der Waals surface area contributed by atoms with E-state index in [0.717, 1.165) is 6.42 Å². The highest BCUT2D eigenvalue weighted by molar-refractivity contribution is 5.78. The molecule has 1 saturated heterocycles. The molecule has 7 heteroatoms.